The van der Waals surface area contributed by atoms with Gasteiger partial charge in [0.05, 0.1) is 16.3 Å². The highest BCUT2D eigenvalue weighted by atomic mass is 32.2. The summed E-state index contributed by atoms with van der Waals surface area (Å²) in [4.78, 5) is 29.1. The highest BCUT2D eigenvalue weighted by Crippen LogP contribution is 2.24. The average Bonchev–Trinajstić information content (AvgIpc) is 2.45. The Kier molecular flexibility index (Phi) is 5.22. The Morgan fingerprint density at radius 1 is 1.33 bits per heavy atom. The molecule has 1 N–H and O–H groups in total. The van der Waals surface area contributed by atoms with Gasteiger partial charge in [-0.05, 0) is 45.2 Å². The maximum Gasteiger partial charge on any atom is 0.337 e. The number of aromatic carboxylic acids is 1. The summed E-state index contributed by atoms with van der Waals surface area (Å²) in [6.07, 6.45) is 4.62. The predicted octanol–water partition coefficient (Wildman–Crippen LogP) is 2.66. The lowest BCUT2D eigenvalue weighted by molar-refractivity contribution is -0.134. The lowest BCUT2D eigenvalue weighted by Gasteiger charge is -2.39. The summed E-state index contributed by atoms with van der Waals surface area (Å²) >= 11 is 1.35. The quantitative estimate of drug-likeness (QED) is 0.866. The second kappa shape index (κ2) is 6.93. The summed E-state index contributed by atoms with van der Waals surface area (Å²) in [5, 5.41) is 9.49. The molecular weight excluding hydrogens is 288 g/mol. The Morgan fingerprint density at radius 3 is 2.52 bits per heavy atom. The Hall–Kier alpha value is -1.56. The minimum absolute atomic E-state index is 0.129. The Balaban J connectivity index is 1.92. The zero-order valence-electron chi connectivity index (χ0n) is 12.3. The van der Waals surface area contributed by atoms with E-state index in [0.29, 0.717) is 22.9 Å². The first-order valence-corrected chi connectivity index (χ1v) is 8.11. The summed E-state index contributed by atoms with van der Waals surface area (Å²) in [6, 6.07) is 3.74. The molecule has 1 aliphatic rings. The first-order valence-electron chi connectivity index (χ1n) is 7.12. The molecule has 2 atom stereocenters. The number of pyridine rings is 1. The van der Waals surface area contributed by atoms with E-state index in [9.17, 15) is 9.59 Å². The van der Waals surface area contributed by atoms with Crippen LogP contribution >= 0.6 is 11.8 Å². The monoisotopic (exact) mass is 308 g/mol. The molecule has 1 aliphatic heterocycles. The van der Waals surface area contributed by atoms with Crippen molar-refractivity contribution in [1.82, 2.24) is 9.88 Å². The number of carbonyl (C=O) groups is 2. The van der Waals surface area contributed by atoms with Crippen LogP contribution in [0.2, 0.25) is 0 Å². The van der Waals surface area contributed by atoms with E-state index < -0.39 is 5.97 Å². The molecule has 114 valence electrons. The highest BCUT2D eigenvalue weighted by molar-refractivity contribution is 7.99. The molecule has 1 aromatic heterocycles. The van der Waals surface area contributed by atoms with E-state index in [0.717, 1.165) is 12.8 Å². The van der Waals surface area contributed by atoms with Gasteiger partial charge in [0.15, 0.2) is 0 Å². The van der Waals surface area contributed by atoms with Crippen LogP contribution < -0.4 is 0 Å². The number of carboxylic acid groups (broad SMARTS) is 1. The fourth-order valence-electron chi connectivity index (χ4n) is 2.72. The van der Waals surface area contributed by atoms with Gasteiger partial charge < -0.3 is 10.0 Å². The summed E-state index contributed by atoms with van der Waals surface area (Å²) in [5.74, 6) is -0.524. The van der Waals surface area contributed by atoms with E-state index in [1.54, 1.807) is 6.07 Å². The first-order chi connectivity index (χ1) is 9.99. The van der Waals surface area contributed by atoms with E-state index in [2.05, 4.69) is 18.8 Å². The van der Waals surface area contributed by atoms with Crippen LogP contribution in [0.25, 0.3) is 0 Å². The number of rotatable bonds is 4. The minimum atomic E-state index is -0.994. The van der Waals surface area contributed by atoms with Gasteiger partial charge in [-0.3, -0.25) is 4.79 Å². The van der Waals surface area contributed by atoms with E-state index in [-0.39, 0.29) is 11.5 Å². The van der Waals surface area contributed by atoms with Gasteiger partial charge in [-0.15, -0.1) is 0 Å². The van der Waals surface area contributed by atoms with Crippen LogP contribution in [0.5, 0.6) is 0 Å². The SMILES string of the molecule is CC1CCCC(C)N1C(=O)CSc1ccc(C(=O)O)cn1. The van der Waals surface area contributed by atoms with Crippen LogP contribution in [0.4, 0.5) is 0 Å². The summed E-state index contributed by atoms with van der Waals surface area (Å²) < 4.78 is 0. The molecular formula is C15H20N2O3S. The molecule has 0 aromatic carbocycles. The zero-order valence-corrected chi connectivity index (χ0v) is 13.1. The van der Waals surface area contributed by atoms with Crippen LogP contribution in [-0.4, -0.2) is 44.7 Å². The normalized spacial score (nSPS) is 22.1. The van der Waals surface area contributed by atoms with Crippen molar-refractivity contribution in [2.24, 2.45) is 0 Å². The molecule has 0 spiro atoms. The van der Waals surface area contributed by atoms with Crippen molar-refractivity contribution in [3.05, 3.63) is 23.9 Å². The van der Waals surface area contributed by atoms with Gasteiger partial charge in [0.2, 0.25) is 5.91 Å². The molecule has 0 radical (unpaired) electrons. The Labute approximate surface area is 128 Å². The molecule has 1 aromatic rings. The van der Waals surface area contributed by atoms with Crippen LogP contribution in [0.1, 0.15) is 43.5 Å². The summed E-state index contributed by atoms with van der Waals surface area (Å²) in [6.45, 7) is 4.19. The van der Waals surface area contributed by atoms with E-state index in [4.69, 9.17) is 5.11 Å². The van der Waals surface area contributed by atoms with Crippen LogP contribution in [0.3, 0.4) is 0 Å². The maximum atomic E-state index is 12.4. The maximum absolute atomic E-state index is 12.4. The highest BCUT2D eigenvalue weighted by Gasteiger charge is 2.28. The van der Waals surface area contributed by atoms with Crippen molar-refractivity contribution >= 4 is 23.6 Å². The van der Waals surface area contributed by atoms with Crippen molar-refractivity contribution in [2.75, 3.05) is 5.75 Å². The number of carboxylic acids is 1. The molecule has 0 bridgehead atoms. The minimum Gasteiger partial charge on any atom is -0.478 e. The van der Waals surface area contributed by atoms with Crippen molar-refractivity contribution in [1.29, 1.82) is 0 Å². The summed E-state index contributed by atoms with van der Waals surface area (Å²) in [7, 11) is 0. The molecule has 2 unspecified atom stereocenters. The Bertz CT molecular complexity index is 508. The van der Waals surface area contributed by atoms with Crippen molar-refractivity contribution in [3.63, 3.8) is 0 Å². The molecule has 0 aliphatic carbocycles. The average molecular weight is 308 g/mol. The van der Waals surface area contributed by atoms with Gasteiger partial charge in [-0.1, -0.05) is 11.8 Å². The second-order valence-electron chi connectivity index (χ2n) is 5.41. The molecule has 6 heteroatoms. The van der Waals surface area contributed by atoms with Gasteiger partial charge in [0, 0.05) is 18.3 Å². The number of hydrogen-bond donors (Lipinski definition) is 1. The lowest BCUT2D eigenvalue weighted by Crippen LogP contribution is -2.48. The van der Waals surface area contributed by atoms with Gasteiger partial charge in [0.1, 0.15) is 0 Å². The van der Waals surface area contributed by atoms with Crippen LogP contribution in [-0.2, 0) is 4.79 Å². The molecule has 0 saturated carbocycles. The number of piperidine rings is 1. The third kappa shape index (κ3) is 3.97. The number of hydrogen-bond acceptors (Lipinski definition) is 4. The van der Waals surface area contributed by atoms with Crippen molar-refractivity contribution in [3.8, 4) is 0 Å². The first kappa shape index (κ1) is 15.8. The van der Waals surface area contributed by atoms with Crippen LogP contribution in [0, 0.1) is 0 Å². The van der Waals surface area contributed by atoms with Gasteiger partial charge in [-0.2, -0.15) is 0 Å². The predicted molar refractivity (Wildman–Crippen MR) is 81.5 cm³/mol. The van der Waals surface area contributed by atoms with Crippen LogP contribution in [0.15, 0.2) is 23.4 Å². The van der Waals surface area contributed by atoms with E-state index in [1.165, 1.54) is 30.4 Å². The lowest BCUT2D eigenvalue weighted by atomic mass is 9.98. The number of likely N-dealkylation sites (tertiary alicyclic amines) is 1. The fourth-order valence-corrected chi connectivity index (χ4v) is 3.43. The fraction of sp³-hybridized carbons (Fsp3) is 0.533. The van der Waals surface area contributed by atoms with Gasteiger partial charge in [-0.25, -0.2) is 9.78 Å². The van der Waals surface area contributed by atoms with E-state index in [1.807, 2.05) is 4.90 Å². The second-order valence-corrected chi connectivity index (χ2v) is 6.40. The number of aromatic nitrogens is 1. The molecule has 1 saturated heterocycles. The topological polar surface area (TPSA) is 70.5 Å². The van der Waals surface area contributed by atoms with E-state index >= 15 is 0 Å². The number of amides is 1. The number of thioether (sulfide) groups is 1. The van der Waals surface area contributed by atoms with Gasteiger partial charge in [0.25, 0.3) is 0 Å². The molecule has 5 nitrogen and oxygen atoms in total. The molecule has 21 heavy (non-hydrogen) atoms. The molecule has 1 amide bonds. The smallest absolute Gasteiger partial charge is 0.337 e. The third-order valence-electron chi connectivity index (χ3n) is 3.81. The van der Waals surface area contributed by atoms with Gasteiger partial charge >= 0.3 is 5.97 Å². The standard InChI is InChI=1S/C15H20N2O3S/c1-10-4-3-5-11(2)17(10)14(18)9-21-13-7-6-12(8-16-13)15(19)20/h6-8,10-11H,3-5,9H2,1-2H3,(H,19,20). The molecule has 2 rings (SSSR count). The number of nitrogens with zero attached hydrogens (tertiary/aromatic N) is 2. The largest absolute Gasteiger partial charge is 0.478 e. The Morgan fingerprint density at radius 2 is 2.00 bits per heavy atom. The molecule has 1 fully saturated rings. The molecule has 2 heterocycles. The van der Waals surface area contributed by atoms with Crippen molar-refractivity contribution < 1.29 is 14.7 Å². The number of carbonyl (C=O) groups excluding carboxylic acids is 1. The third-order valence-corrected chi connectivity index (χ3v) is 4.74. The zero-order chi connectivity index (χ0) is 15.4. The van der Waals surface area contributed by atoms with Crippen molar-refractivity contribution in [2.45, 2.75) is 50.2 Å². The summed E-state index contributed by atoms with van der Waals surface area (Å²) in [5.41, 5.74) is 0.156.